The van der Waals surface area contributed by atoms with Crippen LogP contribution in [-0.4, -0.2) is 24.1 Å². The maximum atomic E-state index is 12.2. The van der Waals surface area contributed by atoms with Gasteiger partial charge in [-0.15, -0.1) is 0 Å². The number of carbonyl (C=O) groups excluding carboxylic acids is 1. The molecule has 3 rings (SSSR count). The minimum atomic E-state index is -4.50. The number of benzene rings is 3. The van der Waals surface area contributed by atoms with Crippen LogP contribution in [-0.2, 0) is 10.1 Å². The van der Waals surface area contributed by atoms with Crippen LogP contribution in [0.15, 0.2) is 64.0 Å². The van der Waals surface area contributed by atoms with E-state index in [4.69, 9.17) is 5.73 Å². The largest absolute Gasteiger partial charge is 0.506 e. The SMILES string of the molecule is NC(=O)N(c1ccccc1Br)c1c(O)ccc2c(S(=O)(=O)O)cccc12. The van der Waals surface area contributed by atoms with Gasteiger partial charge < -0.3 is 10.8 Å². The summed E-state index contributed by atoms with van der Waals surface area (Å²) in [5.41, 5.74) is 5.91. The lowest BCUT2D eigenvalue weighted by molar-refractivity contribution is 0.256. The molecule has 0 saturated carbocycles. The van der Waals surface area contributed by atoms with E-state index >= 15 is 0 Å². The first kappa shape index (κ1) is 18.2. The lowest BCUT2D eigenvalue weighted by Gasteiger charge is -2.24. The molecule has 3 aromatic carbocycles. The predicted octanol–water partition coefficient (Wildman–Crippen LogP) is 3.77. The van der Waals surface area contributed by atoms with Crippen LogP contribution in [0.25, 0.3) is 10.8 Å². The molecule has 0 saturated heterocycles. The van der Waals surface area contributed by atoms with Crippen molar-refractivity contribution in [2.24, 2.45) is 5.73 Å². The van der Waals surface area contributed by atoms with E-state index in [1.165, 1.54) is 30.3 Å². The van der Waals surface area contributed by atoms with Gasteiger partial charge in [-0.25, -0.2) is 4.79 Å². The minimum Gasteiger partial charge on any atom is -0.506 e. The number of amides is 2. The maximum Gasteiger partial charge on any atom is 0.324 e. The molecular weight excluding hydrogens is 424 g/mol. The second kappa shape index (κ2) is 6.60. The predicted molar refractivity (Wildman–Crippen MR) is 101 cm³/mol. The summed E-state index contributed by atoms with van der Waals surface area (Å²) in [6.45, 7) is 0. The molecule has 0 fully saturated rings. The summed E-state index contributed by atoms with van der Waals surface area (Å²) in [6, 6.07) is 12.6. The van der Waals surface area contributed by atoms with Crippen LogP contribution in [0.3, 0.4) is 0 Å². The third kappa shape index (κ3) is 3.12. The summed E-state index contributed by atoms with van der Waals surface area (Å²) in [5, 5.41) is 10.8. The Morgan fingerprint density at radius 3 is 2.31 bits per heavy atom. The molecule has 0 radical (unpaired) electrons. The third-order valence-corrected chi connectivity index (χ3v) is 5.37. The number of urea groups is 1. The number of para-hydroxylation sites is 1. The van der Waals surface area contributed by atoms with Gasteiger partial charge in [0.15, 0.2) is 0 Å². The van der Waals surface area contributed by atoms with E-state index in [-0.39, 0.29) is 27.1 Å². The van der Waals surface area contributed by atoms with Crippen molar-refractivity contribution in [2.45, 2.75) is 4.90 Å². The Morgan fingerprint density at radius 2 is 1.69 bits per heavy atom. The van der Waals surface area contributed by atoms with Gasteiger partial charge in [0, 0.05) is 15.2 Å². The Morgan fingerprint density at radius 1 is 1.00 bits per heavy atom. The fourth-order valence-electron chi connectivity index (χ4n) is 2.74. The number of carbonyl (C=O) groups is 1. The second-order valence-corrected chi connectivity index (χ2v) is 7.63. The molecule has 0 aromatic heterocycles. The first-order valence-corrected chi connectivity index (χ1v) is 9.51. The molecule has 0 aliphatic heterocycles. The molecule has 26 heavy (non-hydrogen) atoms. The highest BCUT2D eigenvalue weighted by molar-refractivity contribution is 9.10. The molecule has 9 heteroatoms. The zero-order valence-corrected chi connectivity index (χ0v) is 15.5. The lowest BCUT2D eigenvalue weighted by Crippen LogP contribution is -2.32. The molecule has 2 amide bonds. The molecule has 0 heterocycles. The fraction of sp³-hybridized carbons (Fsp3) is 0. The number of hydrogen-bond acceptors (Lipinski definition) is 4. The number of nitrogens with two attached hydrogens (primary N) is 1. The lowest BCUT2D eigenvalue weighted by atomic mass is 10.1. The molecule has 4 N–H and O–H groups in total. The summed E-state index contributed by atoms with van der Waals surface area (Å²) >= 11 is 3.33. The van der Waals surface area contributed by atoms with E-state index < -0.39 is 16.1 Å². The van der Waals surface area contributed by atoms with E-state index in [0.717, 1.165) is 4.90 Å². The Hall–Kier alpha value is -2.62. The molecule has 0 aliphatic rings. The number of primary amides is 1. The van der Waals surface area contributed by atoms with Gasteiger partial charge in [0.25, 0.3) is 10.1 Å². The molecular formula is C17H13BrN2O5S. The van der Waals surface area contributed by atoms with Crippen LogP contribution >= 0.6 is 15.9 Å². The van der Waals surface area contributed by atoms with Crippen molar-refractivity contribution < 1.29 is 22.9 Å². The first-order chi connectivity index (χ1) is 12.2. The number of phenolic OH excluding ortho intramolecular Hbond substituents is 1. The van der Waals surface area contributed by atoms with Crippen molar-refractivity contribution in [1.29, 1.82) is 0 Å². The average Bonchev–Trinajstić information content (AvgIpc) is 2.57. The molecule has 134 valence electrons. The standard InChI is InChI=1S/C17H13BrN2O5S/c18-12-5-1-2-6-13(12)20(17(19)22)16-11-4-3-7-15(26(23,24)25)10(11)8-9-14(16)21/h1-9,21H,(H2,19,22)(H,23,24,25). The van der Waals surface area contributed by atoms with Crippen LogP contribution in [0, 0.1) is 0 Å². The summed E-state index contributed by atoms with van der Waals surface area (Å²) in [7, 11) is -4.50. The van der Waals surface area contributed by atoms with E-state index in [1.807, 2.05) is 0 Å². The highest BCUT2D eigenvalue weighted by Crippen LogP contribution is 2.42. The highest BCUT2D eigenvalue weighted by atomic mass is 79.9. The van der Waals surface area contributed by atoms with Gasteiger partial charge in [0.05, 0.1) is 5.69 Å². The minimum absolute atomic E-state index is 0.00685. The van der Waals surface area contributed by atoms with Gasteiger partial charge in [0.2, 0.25) is 0 Å². The van der Waals surface area contributed by atoms with Gasteiger partial charge in [-0.3, -0.25) is 9.45 Å². The number of halogens is 1. The molecule has 0 aliphatic carbocycles. The maximum absolute atomic E-state index is 12.2. The van der Waals surface area contributed by atoms with Gasteiger partial charge in [-0.2, -0.15) is 8.42 Å². The van der Waals surface area contributed by atoms with Crippen LogP contribution in [0.1, 0.15) is 0 Å². The summed E-state index contributed by atoms with van der Waals surface area (Å²) in [5.74, 6) is -0.278. The summed E-state index contributed by atoms with van der Waals surface area (Å²) in [6.07, 6.45) is 0. The molecule has 0 atom stereocenters. The second-order valence-electron chi connectivity index (χ2n) is 5.38. The zero-order valence-electron chi connectivity index (χ0n) is 13.1. The van der Waals surface area contributed by atoms with E-state index in [1.54, 1.807) is 24.3 Å². The number of rotatable bonds is 3. The zero-order chi connectivity index (χ0) is 19.1. The number of hydrogen-bond donors (Lipinski definition) is 3. The van der Waals surface area contributed by atoms with Gasteiger partial charge in [-0.05, 0) is 46.3 Å². The summed E-state index contributed by atoms with van der Waals surface area (Å²) < 4.78 is 33.3. The Balaban J connectivity index is 2.41. The average molecular weight is 437 g/mol. The van der Waals surface area contributed by atoms with Crippen LogP contribution in [0.4, 0.5) is 16.2 Å². The first-order valence-electron chi connectivity index (χ1n) is 7.28. The quantitative estimate of drug-likeness (QED) is 0.539. The van der Waals surface area contributed by atoms with Crippen LogP contribution in [0.2, 0.25) is 0 Å². The van der Waals surface area contributed by atoms with Crippen molar-refractivity contribution >= 4 is 54.2 Å². The van der Waals surface area contributed by atoms with Crippen molar-refractivity contribution in [3.05, 3.63) is 59.1 Å². The van der Waals surface area contributed by atoms with Crippen LogP contribution < -0.4 is 10.6 Å². The number of phenols is 1. The van der Waals surface area contributed by atoms with Crippen molar-refractivity contribution in [2.75, 3.05) is 4.90 Å². The van der Waals surface area contributed by atoms with E-state index in [0.29, 0.717) is 10.2 Å². The van der Waals surface area contributed by atoms with Crippen LogP contribution in [0.5, 0.6) is 5.75 Å². The summed E-state index contributed by atoms with van der Waals surface area (Å²) in [4.78, 5) is 12.9. The molecule has 0 spiro atoms. The molecule has 0 unspecified atom stereocenters. The third-order valence-electron chi connectivity index (χ3n) is 3.79. The van der Waals surface area contributed by atoms with Crippen molar-refractivity contribution in [3.8, 4) is 5.75 Å². The molecule has 3 aromatic rings. The highest BCUT2D eigenvalue weighted by Gasteiger charge is 2.25. The topological polar surface area (TPSA) is 121 Å². The van der Waals surface area contributed by atoms with Gasteiger partial charge in [-0.1, -0.05) is 24.3 Å². The van der Waals surface area contributed by atoms with E-state index in [9.17, 15) is 22.9 Å². The smallest absolute Gasteiger partial charge is 0.324 e. The molecule has 7 nitrogen and oxygen atoms in total. The Labute approximate surface area is 157 Å². The normalized spacial score (nSPS) is 11.5. The van der Waals surface area contributed by atoms with Gasteiger partial charge >= 0.3 is 6.03 Å². The number of aromatic hydroxyl groups is 1. The number of anilines is 2. The Bertz CT molecular complexity index is 1130. The monoisotopic (exact) mass is 436 g/mol. The van der Waals surface area contributed by atoms with Crippen molar-refractivity contribution in [1.82, 2.24) is 0 Å². The fourth-order valence-corrected chi connectivity index (χ4v) is 3.91. The Kier molecular flexibility index (Phi) is 4.61. The van der Waals surface area contributed by atoms with Gasteiger partial charge in [0.1, 0.15) is 16.3 Å². The van der Waals surface area contributed by atoms with Crippen molar-refractivity contribution in [3.63, 3.8) is 0 Å². The number of fused-ring (bicyclic) bond motifs is 1. The van der Waals surface area contributed by atoms with E-state index in [2.05, 4.69) is 15.9 Å². The number of nitrogens with zero attached hydrogens (tertiary/aromatic N) is 1. The molecule has 0 bridgehead atoms.